The predicted molar refractivity (Wildman–Crippen MR) is 67.0 cm³/mol. The molecule has 0 aliphatic carbocycles. The predicted octanol–water partition coefficient (Wildman–Crippen LogP) is 4.13. The van der Waals surface area contributed by atoms with Gasteiger partial charge in [0.15, 0.2) is 6.29 Å². The molecule has 0 bridgehead atoms. The van der Waals surface area contributed by atoms with Crippen LogP contribution in [-0.4, -0.2) is 6.29 Å². The average Bonchev–Trinajstić information content (AvgIpc) is 2.28. The minimum atomic E-state index is 0.676. The van der Waals surface area contributed by atoms with E-state index in [0.29, 0.717) is 10.6 Å². The molecule has 0 amide bonds. The van der Waals surface area contributed by atoms with Crippen LogP contribution in [0.1, 0.15) is 15.9 Å². The lowest BCUT2D eigenvalue weighted by Crippen LogP contribution is -1.88. The highest BCUT2D eigenvalue weighted by Crippen LogP contribution is 2.25. The Bertz CT molecular complexity index is 532. The molecule has 2 aromatic rings. The molecule has 2 heteroatoms. The first-order chi connectivity index (χ1) is 7.70. The van der Waals surface area contributed by atoms with E-state index in [0.717, 1.165) is 23.0 Å². The van der Waals surface area contributed by atoms with E-state index in [9.17, 15) is 4.79 Å². The SMILES string of the molecule is Cc1ccc(-c2cccc(Cl)c2)c(C=O)c1. The number of aryl methyl sites for hydroxylation is 1. The third-order valence-corrected chi connectivity index (χ3v) is 2.70. The summed E-state index contributed by atoms with van der Waals surface area (Å²) in [6.07, 6.45) is 0.878. The molecule has 0 atom stereocenters. The number of hydrogen-bond acceptors (Lipinski definition) is 1. The Morgan fingerprint density at radius 2 is 1.94 bits per heavy atom. The van der Waals surface area contributed by atoms with Gasteiger partial charge in [0, 0.05) is 10.6 Å². The van der Waals surface area contributed by atoms with Crippen LogP contribution in [0.15, 0.2) is 42.5 Å². The van der Waals surface area contributed by atoms with E-state index < -0.39 is 0 Å². The molecule has 2 aromatic carbocycles. The lowest BCUT2D eigenvalue weighted by Gasteiger charge is -2.06. The second-order valence-corrected chi connectivity index (χ2v) is 4.16. The van der Waals surface area contributed by atoms with Crippen molar-refractivity contribution in [3.8, 4) is 11.1 Å². The van der Waals surface area contributed by atoms with Crippen molar-refractivity contribution in [2.45, 2.75) is 6.92 Å². The number of carbonyl (C=O) groups excluding carboxylic acids is 1. The van der Waals surface area contributed by atoms with Gasteiger partial charge in [-0.15, -0.1) is 0 Å². The molecule has 0 aliphatic heterocycles. The number of halogens is 1. The molecule has 0 aromatic heterocycles. The highest BCUT2D eigenvalue weighted by atomic mass is 35.5. The van der Waals surface area contributed by atoms with E-state index in [-0.39, 0.29) is 0 Å². The fourth-order valence-corrected chi connectivity index (χ4v) is 1.89. The Morgan fingerprint density at radius 3 is 2.62 bits per heavy atom. The van der Waals surface area contributed by atoms with Crippen molar-refractivity contribution in [2.75, 3.05) is 0 Å². The summed E-state index contributed by atoms with van der Waals surface area (Å²) in [5.74, 6) is 0. The quantitative estimate of drug-likeness (QED) is 0.709. The van der Waals surface area contributed by atoms with Gasteiger partial charge in [-0.05, 0) is 36.2 Å². The fraction of sp³-hybridized carbons (Fsp3) is 0.0714. The van der Waals surface area contributed by atoms with Gasteiger partial charge in [-0.25, -0.2) is 0 Å². The zero-order valence-electron chi connectivity index (χ0n) is 8.91. The van der Waals surface area contributed by atoms with Crippen molar-refractivity contribution < 1.29 is 4.79 Å². The minimum absolute atomic E-state index is 0.676. The Morgan fingerprint density at radius 1 is 1.12 bits per heavy atom. The van der Waals surface area contributed by atoms with Gasteiger partial charge in [0.1, 0.15) is 0 Å². The Kier molecular flexibility index (Phi) is 3.07. The van der Waals surface area contributed by atoms with E-state index in [2.05, 4.69) is 0 Å². The number of carbonyl (C=O) groups is 1. The van der Waals surface area contributed by atoms with E-state index >= 15 is 0 Å². The second kappa shape index (κ2) is 4.50. The second-order valence-electron chi connectivity index (χ2n) is 3.72. The largest absolute Gasteiger partial charge is 0.298 e. The molecule has 0 unspecified atom stereocenters. The van der Waals surface area contributed by atoms with Gasteiger partial charge in [0.05, 0.1) is 0 Å². The van der Waals surface area contributed by atoms with Crippen molar-refractivity contribution >= 4 is 17.9 Å². The third-order valence-electron chi connectivity index (χ3n) is 2.47. The molecule has 0 spiro atoms. The van der Waals surface area contributed by atoms with Crippen molar-refractivity contribution in [3.63, 3.8) is 0 Å². The summed E-state index contributed by atoms with van der Waals surface area (Å²) in [5.41, 5.74) is 3.66. The topological polar surface area (TPSA) is 17.1 Å². The molecule has 0 radical (unpaired) electrons. The molecule has 80 valence electrons. The number of aldehydes is 1. The van der Waals surface area contributed by atoms with Gasteiger partial charge in [-0.3, -0.25) is 4.79 Å². The van der Waals surface area contributed by atoms with Crippen molar-refractivity contribution in [1.82, 2.24) is 0 Å². The smallest absolute Gasteiger partial charge is 0.150 e. The normalized spacial score (nSPS) is 10.1. The Hall–Kier alpha value is -1.60. The molecule has 0 saturated heterocycles. The average molecular weight is 231 g/mol. The molecule has 16 heavy (non-hydrogen) atoms. The Labute approximate surface area is 99.7 Å². The Balaban J connectivity index is 2.59. The first kappa shape index (κ1) is 10.9. The zero-order chi connectivity index (χ0) is 11.5. The van der Waals surface area contributed by atoms with E-state index in [1.807, 2.05) is 49.4 Å². The number of rotatable bonds is 2. The van der Waals surface area contributed by atoms with Crippen LogP contribution in [0.4, 0.5) is 0 Å². The fourth-order valence-electron chi connectivity index (χ4n) is 1.70. The van der Waals surface area contributed by atoms with Crippen LogP contribution >= 0.6 is 11.6 Å². The maximum absolute atomic E-state index is 11.0. The first-order valence-electron chi connectivity index (χ1n) is 5.02. The molecule has 0 fully saturated rings. The van der Waals surface area contributed by atoms with Gasteiger partial charge in [0.2, 0.25) is 0 Å². The summed E-state index contributed by atoms with van der Waals surface area (Å²) in [6.45, 7) is 1.97. The molecular weight excluding hydrogens is 220 g/mol. The molecule has 0 N–H and O–H groups in total. The van der Waals surface area contributed by atoms with Crippen LogP contribution in [0.3, 0.4) is 0 Å². The minimum Gasteiger partial charge on any atom is -0.298 e. The van der Waals surface area contributed by atoms with Gasteiger partial charge in [-0.2, -0.15) is 0 Å². The van der Waals surface area contributed by atoms with Crippen LogP contribution in [0.5, 0.6) is 0 Å². The summed E-state index contributed by atoms with van der Waals surface area (Å²) in [7, 11) is 0. The summed E-state index contributed by atoms with van der Waals surface area (Å²) in [5, 5.41) is 0.676. The van der Waals surface area contributed by atoms with Gasteiger partial charge in [-0.1, -0.05) is 41.4 Å². The molecule has 1 nitrogen and oxygen atoms in total. The van der Waals surface area contributed by atoms with Crippen molar-refractivity contribution in [2.24, 2.45) is 0 Å². The summed E-state index contributed by atoms with van der Waals surface area (Å²) in [6, 6.07) is 13.3. The first-order valence-corrected chi connectivity index (χ1v) is 5.40. The lowest BCUT2D eigenvalue weighted by molar-refractivity contribution is 0.112. The van der Waals surface area contributed by atoms with E-state index in [1.54, 1.807) is 0 Å². The molecule has 0 heterocycles. The maximum Gasteiger partial charge on any atom is 0.150 e. The number of benzene rings is 2. The van der Waals surface area contributed by atoms with Crippen molar-refractivity contribution in [1.29, 1.82) is 0 Å². The lowest BCUT2D eigenvalue weighted by atomic mass is 9.99. The summed E-state index contributed by atoms with van der Waals surface area (Å²) >= 11 is 5.93. The maximum atomic E-state index is 11.0. The number of hydrogen-bond donors (Lipinski definition) is 0. The van der Waals surface area contributed by atoms with Crippen LogP contribution in [0.2, 0.25) is 5.02 Å². The monoisotopic (exact) mass is 230 g/mol. The van der Waals surface area contributed by atoms with Crippen LogP contribution < -0.4 is 0 Å². The standard InChI is InChI=1S/C14H11ClO/c1-10-5-6-14(12(7-10)9-16)11-3-2-4-13(15)8-11/h2-9H,1H3. The van der Waals surface area contributed by atoms with Crippen LogP contribution in [-0.2, 0) is 0 Å². The highest BCUT2D eigenvalue weighted by molar-refractivity contribution is 6.30. The van der Waals surface area contributed by atoms with Gasteiger partial charge >= 0.3 is 0 Å². The van der Waals surface area contributed by atoms with E-state index in [1.165, 1.54) is 0 Å². The zero-order valence-corrected chi connectivity index (χ0v) is 9.66. The summed E-state index contributed by atoms with van der Waals surface area (Å²) < 4.78 is 0. The summed E-state index contributed by atoms with van der Waals surface area (Å²) in [4.78, 5) is 11.0. The van der Waals surface area contributed by atoms with Gasteiger partial charge in [0.25, 0.3) is 0 Å². The molecule has 0 saturated carbocycles. The van der Waals surface area contributed by atoms with Crippen molar-refractivity contribution in [3.05, 3.63) is 58.6 Å². The van der Waals surface area contributed by atoms with Gasteiger partial charge < -0.3 is 0 Å². The molecule has 2 rings (SSSR count). The highest BCUT2D eigenvalue weighted by Gasteiger charge is 2.04. The molecular formula is C14H11ClO. The van der Waals surface area contributed by atoms with Crippen LogP contribution in [0, 0.1) is 6.92 Å². The van der Waals surface area contributed by atoms with Crippen LogP contribution in [0.25, 0.3) is 11.1 Å². The van der Waals surface area contributed by atoms with E-state index in [4.69, 9.17) is 11.6 Å². The molecule has 0 aliphatic rings. The third kappa shape index (κ3) is 2.15.